The second kappa shape index (κ2) is 8.83. The fourth-order valence-electron chi connectivity index (χ4n) is 3.35. The van der Waals surface area contributed by atoms with Gasteiger partial charge in [0.15, 0.2) is 0 Å². The molecule has 0 saturated carbocycles. The van der Waals surface area contributed by atoms with E-state index < -0.39 is 0 Å². The summed E-state index contributed by atoms with van der Waals surface area (Å²) in [5.74, 6) is 0. The van der Waals surface area contributed by atoms with Crippen LogP contribution in [0.15, 0.2) is 34.9 Å². The Morgan fingerprint density at radius 2 is 2.10 bits per heavy atom. The monoisotopic (exact) mass is 291 g/mol. The minimum absolute atomic E-state index is 0.117. The van der Waals surface area contributed by atoms with Gasteiger partial charge >= 0.3 is 0 Å². The zero-order valence-corrected chi connectivity index (χ0v) is 13.6. The summed E-state index contributed by atoms with van der Waals surface area (Å²) < 4.78 is 0. The summed E-state index contributed by atoms with van der Waals surface area (Å²) in [6.45, 7) is 7.05. The van der Waals surface area contributed by atoms with Gasteiger partial charge in [-0.05, 0) is 56.3 Å². The molecule has 118 valence electrons. The summed E-state index contributed by atoms with van der Waals surface area (Å²) in [5, 5.41) is 12.9. The molecule has 1 unspecified atom stereocenters. The van der Waals surface area contributed by atoms with E-state index in [9.17, 15) is 9.90 Å². The molecule has 0 bridgehead atoms. The summed E-state index contributed by atoms with van der Waals surface area (Å²) in [6.07, 6.45) is 12.3. The minimum Gasteiger partial charge on any atom is -0.395 e. The van der Waals surface area contributed by atoms with Gasteiger partial charge in [-0.3, -0.25) is 4.79 Å². The number of hydrogen-bond donors (Lipinski definition) is 2. The Kier molecular flexibility index (Phi) is 7.44. The maximum absolute atomic E-state index is 10.5. The van der Waals surface area contributed by atoms with E-state index in [2.05, 4.69) is 37.4 Å². The number of carbonyl (C=O) groups is 1. The van der Waals surface area contributed by atoms with Crippen molar-refractivity contribution in [2.75, 3.05) is 13.2 Å². The van der Waals surface area contributed by atoms with Crippen molar-refractivity contribution < 1.29 is 9.90 Å². The van der Waals surface area contributed by atoms with Gasteiger partial charge in [-0.15, -0.1) is 0 Å². The van der Waals surface area contributed by atoms with Crippen molar-refractivity contribution in [2.24, 2.45) is 5.41 Å². The van der Waals surface area contributed by atoms with Gasteiger partial charge in [-0.2, -0.15) is 0 Å². The van der Waals surface area contributed by atoms with E-state index in [0.717, 1.165) is 38.5 Å². The number of amides is 1. The molecule has 0 saturated heterocycles. The van der Waals surface area contributed by atoms with Crippen molar-refractivity contribution in [3.05, 3.63) is 34.9 Å². The minimum atomic E-state index is -0.266. The molecule has 0 aromatic carbocycles. The third-order valence-corrected chi connectivity index (χ3v) is 4.40. The van der Waals surface area contributed by atoms with Gasteiger partial charge in [0.2, 0.25) is 6.41 Å². The lowest BCUT2D eigenvalue weighted by Gasteiger charge is -2.37. The van der Waals surface area contributed by atoms with Crippen molar-refractivity contribution in [1.29, 1.82) is 0 Å². The normalized spacial score (nSPS) is 18.6. The van der Waals surface area contributed by atoms with Crippen LogP contribution in [-0.2, 0) is 4.79 Å². The maximum Gasteiger partial charge on any atom is 0.207 e. The van der Waals surface area contributed by atoms with Gasteiger partial charge in [0.05, 0.1) is 6.61 Å². The Morgan fingerprint density at radius 1 is 1.38 bits per heavy atom. The molecule has 1 atom stereocenters. The first-order valence-electron chi connectivity index (χ1n) is 7.97. The smallest absolute Gasteiger partial charge is 0.207 e. The van der Waals surface area contributed by atoms with Crippen LogP contribution in [-0.4, -0.2) is 24.7 Å². The van der Waals surface area contributed by atoms with E-state index in [1.165, 1.54) is 16.7 Å². The second-order valence-corrected chi connectivity index (χ2v) is 5.80. The lowest BCUT2D eigenvalue weighted by atomic mass is 9.69. The molecule has 2 N–H and O–H groups in total. The molecule has 0 fully saturated rings. The van der Waals surface area contributed by atoms with Gasteiger partial charge in [0.25, 0.3) is 0 Å². The molecule has 3 heteroatoms. The molecule has 0 aliphatic heterocycles. The fourth-order valence-corrected chi connectivity index (χ4v) is 3.35. The Hall–Kier alpha value is -1.35. The van der Waals surface area contributed by atoms with Crippen molar-refractivity contribution in [3.8, 4) is 0 Å². The molecule has 0 radical (unpaired) electrons. The highest BCUT2D eigenvalue weighted by Crippen LogP contribution is 2.43. The molecule has 21 heavy (non-hydrogen) atoms. The van der Waals surface area contributed by atoms with Gasteiger partial charge in [-0.1, -0.05) is 31.6 Å². The largest absolute Gasteiger partial charge is 0.395 e. The van der Waals surface area contributed by atoms with Crippen molar-refractivity contribution in [1.82, 2.24) is 5.32 Å². The van der Waals surface area contributed by atoms with Crippen LogP contribution in [0.4, 0.5) is 0 Å². The summed E-state index contributed by atoms with van der Waals surface area (Å²) in [6, 6.07) is 0. The molecule has 1 amide bonds. The average molecular weight is 291 g/mol. The van der Waals surface area contributed by atoms with E-state index in [1.807, 2.05) is 6.92 Å². The van der Waals surface area contributed by atoms with E-state index in [-0.39, 0.29) is 12.0 Å². The lowest BCUT2D eigenvalue weighted by molar-refractivity contribution is -0.109. The van der Waals surface area contributed by atoms with Crippen LogP contribution in [0.25, 0.3) is 0 Å². The van der Waals surface area contributed by atoms with Gasteiger partial charge in [0.1, 0.15) is 0 Å². The number of allylic oxidation sites excluding steroid dienone is 5. The molecule has 0 heterocycles. The topological polar surface area (TPSA) is 49.3 Å². The van der Waals surface area contributed by atoms with Gasteiger partial charge < -0.3 is 10.4 Å². The number of rotatable bonds is 9. The molecule has 0 spiro atoms. The highest BCUT2D eigenvalue weighted by Gasteiger charge is 2.34. The standard InChI is InChI=1S/C18H29NO2/c1-4-10-18(13-20,11-12-19-14-21)17(5-2)16-9-7-6-8-15(16)3/h5,8-9,14,20H,4,6-7,10-13H2,1-3H3,(H,19,21)/b17-5+. The quantitative estimate of drug-likeness (QED) is 0.504. The van der Waals surface area contributed by atoms with E-state index in [1.54, 1.807) is 0 Å². The van der Waals surface area contributed by atoms with Crippen molar-refractivity contribution >= 4 is 6.41 Å². The number of nitrogens with one attached hydrogen (secondary N) is 1. The van der Waals surface area contributed by atoms with E-state index >= 15 is 0 Å². The van der Waals surface area contributed by atoms with Crippen LogP contribution in [0.5, 0.6) is 0 Å². The van der Waals surface area contributed by atoms with Gasteiger partial charge in [0, 0.05) is 12.0 Å². The molecular weight excluding hydrogens is 262 g/mol. The Balaban J connectivity index is 3.11. The summed E-state index contributed by atoms with van der Waals surface area (Å²) in [4.78, 5) is 10.5. The summed E-state index contributed by atoms with van der Waals surface area (Å²) >= 11 is 0. The predicted octanol–water partition coefficient (Wildman–Crippen LogP) is 3.51. The molecule has 3 nitrogen and oxygen atoms in total. The number of aliphatic hydroxyl groups excluding tert-OH is 1. The molecule has 0 aromatic rings. The first-order valence-corrected chi connectivity index (χ1v) is 7.97. The van der Waals surface area contributed by atoms with Crippen molar-refractivity contribution in [3.63, 3.8) is 0 Å². The maximum atomic E-state index is 10.5. The SMILES string of the molecule is C/C=C(\C1=CCCC=C1C)C(CO)(CCC)CCNC=O. The Morgan fingerprint density at radius 3 is 2.62 bits per heavy atom. The van der Waals surface area contributed by atoms with Crippen LogP contribution in [0.2, 0.25) is 0 Å². The van der Waals surface area contributed by atoms with Gasteiger partial charge in [-0.25, -0.2) is 0 Å². The van der Waals surface area contributed by atoms with Crippen LogP contribution in [0.3, 0.4) is 0 Å². The highest BCUT2D eigenvalue weighted by molar-refractivity contribution is 5.50. The molecular formula is C18H29NO2. The zero-order chi connectivity index (χ0) is 15.7. The van der Waals surface area contributed by atoms with Crippen molar-refractivity contribution in [2.45, 2.75) is 52.9 Å². The molecule has 0 aromatic heterocycles. The van der Waals surface area contributed by atoms with Crippen LogP contribution >= 0.6 is 0 Å². The molecule has 1 aliphatic carbocycles. The average Bonchev–Trinajstić information content (AvgIpc) is 2.50. The van der Waals surface area contributed by atoms with Crippen LogP contribution in [0.1, 0.15) is 52.9 Å². The van der Waals surface area contributed by atoms with Crippen LogP contribution in [0, 0.1) is 5.41 Å². The molecule has 1 rings (SSSR count). The fraction of sp³-hybridized carbons (Fsp3) is 0.611. The van der Waals surface area contributed by atoms with E-state index in [4.69, 9.17) is 0 Å². The predicted molar refractivity (Wildman–Crippen MR) is 87.9 cm³/mol. The number of aliphatic hydroxyl groups is 1. The Bertz CT molecular complexity index is 434. The third kappa shape index (κ3) is 4.31. The summed E-state index contributed by atoms with van der Waals surface area (Å²) in [5.41, 5.74) is 3.54. The first-order chi connectivity index (χ1) is 10.1. The number of hydrogen-bond acceptors (Lipinski definition) is 2. The number of carbonyl (C=O) groups excluding carboxylic acids is 1. The third-order valence-electron chi connectivity index (χ3n) is 4.40. The molecule has 1 aliphatic rings. The first kappa shape index (κ1) is 17.7. The lowest BCUT2D eigenvalue weighted by Crippen LogP contribution is -2.33. The second-order valence-electron chi connectivity index (χ2n) is 5.80. The van der Waals surface area contributed by atoms with E-state index in [0.29, 0.717) is 6.54 Å². The van der Waals surface area contributed by atoms with Crippen LogP contribution < -0.4 is 5.32 Å². The highest BCUT2D eigenvalue weighted by atomic mass is 16.3. The Labute approximate surface area is 128 Å². The zero-order valence-electron chi connectivity index (χ0n) is 13.6. The summed E-state index contributed by atoms with van der Waals surface area (Å²) in [7, 11) is 0.